The summed E-state index contributed by atoms with van der Waals surface area (Å²) >= 11 is 5.79. The summed E-state index contributed by atoms with van der Waals surface area (Å²) < 4.78 is 0. The third-order valence-corrected chi connectivity index (χ3v) is 4.46. The second kappa shape index (κ2) is 8.67. The Hall–Kier alpha value is -2.60. The second-order valence-electron chi connectivity index (χ2n) is 6.23. The lowest BCUT2D eigenvalue weighted by Crippen LogP contribution is -2.35. The molecule has 7 heteroatoms. The van der Waals surface area contributed by atoms with Crippen LogP contribution in [0.15, 0.2) is 42.6 Å². The molecule has 1 aromatic carbocycles. The predicted molar refractivity (Wildman–Crippen MR) is 103 cm³/mol. The minimum atomic E-state index is -0.300. The van der Waals surface area contributed by atoms with Crippen LogP contribution in [0.2, 0.25) is 5.02 Å². The molecule has 1 saturated heterocycles. The lowest BCUT2D eigenvalue weighted by molar-refractivity contribution is 0.102. The molecule has 0 radical (unpaired) electrons. The van der Waals surface area contributed by atoms with Crippen molar-refractivity contribution < 1.29 is 9.59 Å². The van der Waals surface area contributed by atoms with E-state index < -0.39 is 0 Å². The van der Waals surface area contributed by atoms with Gasteiger partial charge in [-0.1, -0.05) is 30.5 Å². The smallest absolute Gasteiger partial charge is 0.321 e. The van der Waals surface area contributed by atoms with Gasteiger partial charge in [0.1, 0.15) is 5.82 Å². The molecule has 1 aromatic heterocycles. The molecule has 0 unspecified atom stereocenters. The first-order valence-corrected chi connectivity index (χ1v) is 9.08. The Kier molecular flexibility index (Phi) is 6.07. The summed E-state index contributed by atoms with van der Waals surface area (Å²) in [6, 6.07) is 10.0. The number of benzene rings is 1. The van der Waals surface area contributed by atoms with E-state index in [1.54, 1.807) is 36.4 Å². The number of carbonyl (C=O) groups excluding carboxylic acids is 2. The zero-order valence-corrected chi connectivity index (χ0v) is 15.1. The molecule has 1 fully saturated rings. The van der Waals surface area contributed by atoms with Crippen LogP contribution < -0.4 is 10.6 Å². The number of carbonyl (C=O) groups is 2. The third-order valence-electron chi connectivity index (χ3n) is 4.24. The summed E-state index contributed by atoms with van der Waals surface area (Å²) in [5.74, 6) is 0.115. The zero-order chi connectivity index (χ0) is 18.4. The monoisotopic (exact) mass is 372 g/mol. The third kappa shape index (κ3) is 4.95. The highest BCUT2D eigenvalue weighted by atomic mass is 35.5. The fraction of sp³-hybridized carbons (Fsp3) is 0.316. The molecule has 0 bridgehead atoms. The molecule has 0 aliphatic carbocycles. The predicted octanol–water partition coefficient (Wildman–Crippen LogP) is 4.40. The van der Waals surface area contributed by atoms with Gasteiger partial charge in [0.2, 0.25) is 0 Å². The van der Waals surface area contributed by atoms with Crippen molar-refractivity contribution in [1.29, 1.82) is 0 Å². The average molecular weight is 373 g/mol. The van der Waals surface area contributed by atoms with Crippen LogP contribution in [-0.4, -0.2) is 34.9 Å². The number of pyridine rings is 1. The summed E-state index contributed by atoms with van der Waals surface area (Å²) in [6.07, 6.45) is 5.86. The molecule has 2 heterocycles. The van der Waals surface area contributed by atoms with Crippen molar-refractivity contribution in [2.24, 2.45) is 0 Å². The molecule has 2 N–H and O–H groups in total. The van der Waals surface area contributed by atoms with E-state index in [1.165, 1.54) is 6.20 Å². The van der Waals surface area contributed by atoms with Crippen molar-refractivity contribution in [2.45, 2.75) is 25.7 Å². The largest absolute Gasteiger partial charge is 0.325 e. The average Bonchev–Trinajstić information content (AvgIpc) is 2.93. The number of hydrogen-bond donors (Lipinski definition) is 2. The van der Waals surface area contributed by atoms with Crippen LogP contribution in [-0.2, 0) is 0 Å². The maximum Gasteiger partial charge on any atom is 0.321 e. The molecule has 0 saturated carbocycles. The summed E-state index contributed by atoms with van der Waals surface area (Å²) in [4.78, 5) is 30.7. The van der Waals surface area contributed by atoms with Gasteiger partial charge in [-0.05, 0) is 43.2 Å². The lowest BCUT2D eigenvalue weighted by Gasteiger charge is -2.21. The van der Waals surface area contributed by atoms with Gasteiger partial charge in [0.15, 0.2) is 0 Å². The SMILES string of the molecule is O=C(Nc1ccc(Cl)cn1)c1cccc(NC(=O)N2CCCCCC2)c1. The Bertz CT molecular complexity index is 771. The number of anilines is 2. The van der Waals surface area contributed by atoms with E-state index >= 15 is 0 Å². The van der Waals surface area contributed by atoms with Crippen molar-refractivity contribution in [3.05, 3.63) is 53.2 Å². The number of aromatic nitrogens is 1. The maximum atomic E-state index is 12.4. The van der Waals surface area contributed by atoms with Crippen molar-refractivity contribution in [2.75, 3.05) is 23.7 Å². The molecule has 6 nitrogen and oxygen atoms in total. The molecule has 0 atom stereocenters. The molecule has 2 aromatic rings. The van der Waals surface area contributed by atoms with Crippen LogP contribution in [0.3, 0.4) is 0 Å². The van der Waals surface area contributed by atoms with E-state index in [0.717, 1.165) is 38.8 Å². The van der Waals surface area contributed by atoms with E-state index in [2.05, 4.69) is 15.6 Å². The van der Waals surface area contributed by atoms with Crippen LogP contribution in [0.5, 0.6) is 0 Å². The van der Waals surface area contributed by atoms with Gasteiger partial charge in [0.25, 0.3) is 5.91 Å². The summed E-state index contributed by atoms with van der Waals surface area (Å²) in [6.45, 7) is 1.54. The molecule has 26 heavy (non-hydrogen) atoms. The Labute approximate surface area is 157 Å². The number of amides is 3. The molecule has 0 spiro atoms. The fourth-order valence-corrected chi connectivity index (χ4v) is 2.96. The Morgan fingerprint density at radius 3 is 2.46 bits per heavy atom. The van der Waals surface area contributed by atoms with E-state index in [1.807, 2.05) is 4.90 Å². The Balaban J connectivity index is 1.64. The van der Waals surface area contributed by atoms with Gasteiger partial charge >= 0.3 is 6.03 Å². The van der Waals surface area contributed by atoms with Crippen molar-refractivity contribution in [3.8, 4) is 0 Å². The van der Waals surface area contributed by atoms with Gasteiger partial charge in [0.05, 0.1) is 5.02 Å². The molecule has 1 aliphatic rings. The number of rotatable bonds is 3. The first-order chi connectivity index (χ1) is 12.6. The Morgan fingerprint density at radius 1 is 1.00 bits per heavy atom. The van der Waals surface area contributed by atoms with Gasteiger partial charge in [-0.2, -0.15) is 0 Å². The highest BCUT2D eigenvalue weighted by Crippen LogP contribution is 2.16. The van der Waals surface area contributed by atoms with Crippen LogP contribution >= 0.6 is 11.6 Å². The zero-order valence-electron chi connectivity index (χ0n) is 14.4. The van der Waals surface area contributed by atoms with Gasteiger partial charge in [-0.25, -0.2) is 9.78 Å². The number of hydrogen-bond acceptors (Lipinski definition) is 3. The quantitative estimate of drug-likeness (QED) is 0.838. The lowest BCUT2D eigenvalue weighted by atomic mass is 10.2. The molecular weight excluding hydrogens is 352 g/mol. The molecule has 3 rings (SSSR count). The summed E-state index contributed by atoms with van der Waals surface area (Å²) in [5.41, 5.74) is 1.03. The van der Waals surface area contributed by atoms with E-state index in [-0.39, 0.29) is 11.9 Å². The van der Waals surface area contributed by atoms with Crippen molar-refractivity contribution >= 4 is 35.0 Å². The van der Waals surface area contributed by atoms with Crippen LogP contribution in [0.4, 0.5) is 16.3 Å². The van der Waals surface area contributed by atoms with Gasteiger partial charge in [0, 0.05) is 30.5 Å². The standard InChI is InChI=1S/C19H21ClN4O2/c20-15-8-9-17(21-13-15)23-18(25)14-6-5-7-16(12-14)22-19(26)24-10-3-1-2-4-11-24/h5-9,12-13H,1-4,10-11H2,(H,22,26)(H,21,23,25). The number of nitrogens with one attached hydrogen (secondary N) is 2. The van der Waals surface area contributed by atoms with Crippen LogP contribution in [0.25, 0.3) is 0 Å². The molecule has 3 amide bonds. The normalized spacial score (nSPS) is 14.4. The summed E-state index contributed by atoms with van der Waals surface area (Å²) in [5, 5.41) is 6.09. The van der Waals surface area contributed by atoms with Gasteiger partial charge in [-0.15, -0.1) is 0 Å². The fourth-order valence-electron chi connectivity index (χ4n) is 2.85. The topological polar surface area (TPSA) is 74.3 Å². The van der Waals surface area contributed by atoms with E-state index in [4.69, 9.17) is 11.6 Å². The summed E-state index contributed by atoms with van der Waals surface area (Å²) in [7, 11) is 0. The molecule has 136 valence electrons. The first kappa shape index (κ1) is 18.2. The van der Waals surface area contributed by atoms with Crippen molar-refractivity contribution in [1.82, 2.24) is 9.88 Å². The van der Waals surface area contributed by atoms with Crippen LogP contribution in [0.1, 0.15) is 36.0 Å². The van der Waals surface area contributed by atoms with E-state index in [9.17, 15) is 9.59 Å². The first-order valence-electron chi connectivity index (χ1n) is 8.71. The maximum absolute atomic E-state index is 12.4. The molecular formula is C19H21ClN4O2. The number of halogens is 1. The van der Waals surface area contributed by atoms with E-state index in [0.29, 0.717) is 22.1 Å². The van der Waals surface area contributed by atoms with Gasteiger partial charge in [-0.3, -0.25) is 4.79 Å². The number of nitrogens with zero attached hydrogens (tertiary/aromatic N) is 2. The van der Waals surface area contributed by atoms with Crippen LogP contribution in [0, 0.1) is 0 Å². The van der Waals surface area contributed by atoms with Gasteiger partial charge < -0.3 is 15.5 Å². The number of urea groups is 1. The number of likely N-dealkylation sites (tertiary alicyclic amines) is 1. The molecule has 1 aliphatic heterocycles. The Morgan fingerprint density at radius 2 is 1.77 bits per heavy atom. The minimum absolute atomic E-state index is 0.121. The highest BCUT2D eigenvalue weighted by molar-refractivity contribution is 6.30. The second-order valence-corrected chi connectivity index (χ2v) is 6.66. The van der Waals surface area contributed by atoms with Crippen molar-refractivity contribution in [3.63, 3.8) is 0 Å². The minimum Gasteiger partial charge on any atom is -0.325 e. The highest BCUT2D eigenvalue weighted by Gasteiger charge is 2.16.